The molecule has 1 aromatic carbocycles. The molecule has 0 aliphatic carbocycles. The van der Waals surface area contributed by atoms with Crippen molar-refractivity contribution in [2.75, 3.05) is 24.7 Å². The van der Waals surface area contributed by atoms with Gasteiger partial charge in [0.1, 0.15) is 0 Å². The van der Waals surface area contributed by atoms with Crippen molar-refractivity contribution in [3.8, 4) is 0 Å². The topological polar surface area (TPSA) is 71.3 Å². The fourth-order valence-electron chi connectivity index (χ4n) is 2.72. The highest BCUT2D eigenvalue weighted by Crippen LogP contribution is 2.26. The summed E-state index contributed by atoms with van der Waals surface area (Å²) in [5.74, 6) is 1.38. The van der Waals surface area contributed by atoms with Crippen molar-refractivity contribution < 1.29 is 9.32 Å². The quantitative estimate of drug-likeness (QED) is 0.871. The summed E-state index contributed by atoms with van der Waals surface area (Å²) in [7, 11) is 0. The minimum Gasteiger partial charge on any atom is -0.339 e. The van der Waals surface area contributed by atoms with Crippen LogP contribution >= 0.6 is 11.8 Å². The summed E-state index contributed by atoms with van der Waals surface area (Å²) in [5, 5.41) is 6.79. The highest BCUT2D eigenvalue weighted by molar-refractivity contribution is 7.98. The van der Waals surface area contributed by atoms with E-state index in [1.807, 2.05) is 35.4 Å². The second-order valence-corrected chi connectivity index (χ2v) is 6.50. The van der Waals surface area contributed by atoms with Gasteiger partial charge in [0.2, 0.25) is 5.89 Å². The van der Waals surface area contributed by atoms with Gasteiger partial charge in [0, 0.05) is 23.7 Å². The third-order valence-electron chi connectivity index (χ3n) is 3.94. The smallest absolute Gasteiger partial charge is 0.321 e. The number of aryl methyl sites for hydroxylation is 1. The summed E-state index contributed by atoms with van der Waals surface area (Å²) in [4.78, 5) is 19.7. The molecule has 2 aromatic rings. The molecule has 0 saturated carbocycles. The number of carbonyl (C=O) groups is 1. The third kappa shape index (κ3) is 3.85. The minimum absolute atomic E-state index is 0.0807. The first-order valence-electron chi connectivity index (χ1n) is 7.66. The molecule has 1 aliphatic rings. The van der Waals surface area contributed by atoms with Gasteiger partial charge in [0.25, 0.3) is 0 Å². The van der Waals surface area contributed by atoms with Crippen LogP contribution in [-0.2, 0) is 0 Å². The summed E-state index contributed by atoms with van der Waals surface area (Å²) in [6.45, 7) is 3.16. The second-order valence-electron chi connectivity index (χ2n) is 5.62. The molecule has 122 valence electrons. The van der Waals surface area contributed by atoms with E-state index in [2.05, 4.69) is 15.5 Å². The molecule has 3 rings (SSSR count). The minimum atomic E-state index is -0.0807. The van der Waals surface area contributed by atoms with E-state index in [4.69, 9.17) is 4.52 Å². The predicted molar refractivity (Wildman–Crippen MR) is 89.8 cm³/mol. The number of aromatic nitrogens is 2. The van der Waals surface area contributed by atoms with Gasteiger partial charge in [-0.3, -0.25) is 0 Å². The molecule has 1 aromatic heterocycles. The van der Waals surface area contributed by atoms with Crippen LogP contribution in [0.2, 0.25) is 0 Å². The number of rotatable bonds is 3. The van der Waals surface area contributed by atoms with Gasteiger partial charge >= 0.3 is 6.03 Å². The van der Waals surface area contributed by atoms with E-state index in [9.17, 15) is 4.79 Å². The first-order valence-corrected chi connectivity index (χ1v) is 8.88. The van der Waals surface area contributed by atoms with Crippen molar-refractivity contribution in [2.24, 2.45) is 0 Å². The maximum absolute atomic E-state index is 12.4. The number of benzene rings is 1. The van der Waals surface area contributed by atoms with Crippen molar-refractivity contribution in [3.05, 3.63) is 36.0 Å². The molecule has 1 atom stereocenters. The predicted octanol–water partition coefficient (Wildman–Crippen LogP) is 3.51. The van der Waals surface area contributed by atoms with Crippen LogP contribution in [0.15, 0.2) is 33.7 Å². The highest BCUT2D eigenvalue weighted by Gasteiger charge is 2.28. The van der Waals surface area contributed by atoms with Crippen molar-refractivity contribution in [1.29, 1.82) is 0 Å². The second kappa shape index (κ2) is 7.04. The molecular formula is C16H20N4O2S. The monoisotopic (exact) mass is 332 g/mol. The largest absolute Gasteiger partial charge is 0.339 e. The number of carbonyl (C=O) groups excluding carboxylic acids is 1. The average Bonchev–Trinajstić information content (AvgIpc) is 3.02. The van der Waals surface area contributed by atoms with Gasteiger partial charge in [-0.25, -0.2) is 4.79 Å². The number of amides is 2. The normalized spacial score (nSPS) is 18.0. The standard InChI is InChI=1S/C16H20N4O2S/c1-11-17-15(22-19-11)12-4-3-9-20(10-12)16(21)18-13-5-7-14(23-2)8-6-13/h5-8,12H,3-4,9-10H2,1-2H3,(H,18,21). The number of hydrogen-bond acceptors (Lipinski definition) is 5. The third-order valence-corrected chi connectivity index (χ3v) is 4.69. The molecular weight excluding hydrogens is 312 g/mol. The Balaban J connectivity index is 1.62. The van der Waals surface area contributed by atoms with Crippen LogP contribution in [0.3, 0.4) is 0 Å². The summed E-state index contributed by atoms with van der Waals surface area (Å²) in [6, 6.07) is 7.77. The lowest BCUT2D eigenvalue weighted by atomic mass is 9.98. The van der Waals surface area contributed by atoms with Crippen LogP contribution in [0.5, 0.6) is 0 Å². The van der Waals surface area contributed by atoms with Gasteiger partial charge < -0.3 is 14.7 Å². The Hall–Kier alpha value is -2.02. The molecule has 0 bridgehead atoms. The van der Waals surface area contributed by atoms with Crippen LogP contribution in [0.25, 0.3) is 0 Å². The SMILES string of the molecule is CSc1ccc(NC(=O)N2CCCC(c3nc(C)no3)C2)cc1. The Morgan fingerprint density at radius 1 is 1.39 bits per heavy atom. The number of piperidine rings is 1. The maximum atomic E-state index is 12.4. The van der Waals surface area contributed by atoms with Crippen molar-refractivity contribution in [1.82, 2.24) is 15.0 Å². The number of hydrogen-bond donors (Lipinski definition) is 1. The molecule has 1 aliphatic heterocycles. The Morgan fingerprint density at radius 3 is 2.83 bits per heavy atom. The first kappa shape index (κ1) is 15.9. The molecule has 1 fully saturated rings. The number of anilines is 1. The molecule has 1 unspecified atom stereocenters. The lowest BCUT2D eigenvalue weighted by Gasteiger charge is -2.31. The van der Waals surface area contributed by atoms with E-state index < -0.39 is 0 Å². The number of urea groups is 1. The summed E-state index contributed by atoms with van der Waals surface area (Å²) in [6.07, 6.45) is 3.93. The fraction of sp³-hybridized carbons (Fsp3) is 0.438. The molecule has 2 heterocycles. The zero-order valence-electron chi connectivity index (χ0n) is 13.3. The lowest BCUT2D eigenvalue weighted by Crippen LogP contribution is -2.41. The summed E-state index contributed by atoms with van der Waals surface area (Å²) in [5.41, 5.74) is 0.809. The van der Waals surface area contributed by atoms with Crippen molar-refractivity contribution in [2.45, 2.75) is 30.6 Å². The van der Waals surface area contributed by atoms with Gasteiger partial charge in [-0.2, -0.15) is 4.98 Å². The Morgan fingerprint density at radius 2 is 2.17 bits per heavy atom. The molecule has 7 heteroatoms. The number of thioether (sulfide) groups is 1. The maximum Gasteiger partial charge on any atom is 0.321 e. The highest BCUT2D eigenvalue weighted by atomic mass is 32.2. The van der Waals surface area contributed by atoms with Crippen molar-refractivity contribution in [3.63, 3.8) is 0 Å². The van der Waals surface area contributed by atoms with Crippen molar-refractivity contribution >= 4 is 23.5 Å². The molecule has 1 N–H and O–H groups in total. The van der Waals surface area contributed by atoms with E-state index in [0.717, 1.165) is 25.1 Å². The van der Waals surface area contributed by atoms with E-state index in [-0.39, 0.29) is 11.9 Å². The lowest BCUT2D eigenvalue weighted by molar-refractivity contribution is 0.184. The Kier molecular flexibility index (Phi) is 4.85. The first-order chi connectivity index (χ1) is 11.2. The van der Waals surface area contributed by atoms with Crippen LogP contribution in [0.1, 0.15) is 30.5 Å². The van der Waals surface area contributed by atoms with Gasteiger partial charge in [0.15, 0.2) is 5.82 Å². The molecule has 0 radical (unpaired) electrons. The van der Waals surface area contributed by atoms with Crippen LogP contribution in [0, 0.1) is 6.92 Å². The zero-order chi connectivity index (χ0) is 16.2. The Bertz CT molecular complexity index is 671. The summed E-state index contributed by atoms with van der Waals surface area (Å²) >= 11 is 1.68. The summed E-state index contributed by atoms with van der Waals surface area (Å²) < 4.78 is 5.25. The number of nitrogens with zero attached hydrogens (tertiary/aromatic N) is 3. The Labute approximate surface area is 139 Å². The van der Waals surface area contributed by atoms with Gasteiger partial charge in [-0.15, -0.1) is 11.8 Å². The van der Waals surface area contributed by atoms with E-state index in [0.29, 0.717) is 18.3 Å². The molecule has 6 nitrogen and oxygen atoms in total. The number of likely N-dealkylation sites (tertiary alicyclic amines) is 1. The van der Waals surface area contributed by atoms with Crippen LogP contribution in [-0.4, -0.2) is 40.4 Å². The number of nitrogens with one attached hydrogen (secondary N) is 1. The van der Waals surface area contributed by atoms with Gasteiger partial charge in [0.05, 0.1) is 5.92 Å². The zero-order valence-corrected chi connectivity index (χ0v) is 14.1. The van der Waals surface area contributed by atoms with Crippen LogP contribution in [0.4, 0.5) is 10.5 Å². The molecule has 2 amide bonds. The molecule has 23 heavy (non-hydrogen) atoms. The van der Waals surface area contributed by atoms with Crippen LogP contribution < -0.4 is 5.32 Å². The average molecular weight is 332 g/mol. The van der Waals surface area contributed by atoms with Gasteiger partial charge in [-0.05, 0) is 50.3 Å². The van der Waals surface area contributed by atoms with Gasteiger partial charge in [-0.1, -0.05) is 5.16 Å². The van der Waals surface area contributed by atoms with E-state index in [1.165, 1.54) is 4.90 Å². The molecule has 0 spiro atoms. The molecule has 1 saturated heterocycles. The van der Waals surface area contributed by atoms with E-state index in [1.54, 1.807) is 18.7 Å². The fourth-order valence-corrected chi connectivity index (χ4v) is 3.13. The van der Waals surface area contributed by atoms with E-state index >= 15 is 0 Å².